The number of thioether (sulfide) groups is 1. The van der Waals surface area contributed by atoms with Crippen LogP contribution in [-0.2, 0) is 22.6 Å². The molecule has 0 saturated heterocycles. The lowest BCUT2D eigenvalue weighted by atomic mass is 10.2. The van der Waals surface area contributed by atoms with Crippen molar-refractivity contribution in [1.29, 1.82) is 0 Å². The Bertz CT molecular complexity index is 905. The van der Waals surface area contributed by atoms with Crippen LogP contribution in [0.5, 0.6) is 0 Å². The second kappa shape index (κ2) is 7.31. The average Bonchev–Trinajstić information content (AvgIpc) is 3.01. The summed E-state index contributed by atoms with van der Waals surface area (Å²) in [6.45, 7) is 2.19. The van der Waals surface area contributed by atoms with Crippen LogP contribution >= 0.6 is 11.8 Å². The van der Waals surface area contributed by atoms with Gasteiger partial charge in [-0.1, -0.05) is 49.0 Å². The Morgan fingerprint density at radius 1 is 1.29 bits per heavy atom. The number of nitrogens with one attached hydrogen (secondary N) is 1. The van der Waals surface area contributed by atoms with Crippen LogP contribution in [0.1, 0.15) is 18.2 Å². The van der Waals surface area contributed by atoms with Gasteiger partial charge in [0.2, 0.25) is 5.78 Å². The SMILES string of the molecule is CCc1cc(=O)[nH]c2nnc(SCC(=O)OCc3ccccc3)n12. The van der Waals surface area contributed by atoms with Crippen LogP contribution in [0.25, 0.3) is 5.78 Å². The van der Waals surface area contributed by atoms with Crippen molar-refractivity contribution in [1.82, 2.24) is 19.6 Å². The Balaban J connectivity index is 1.65. The molecular weight excluding hydrogens is 328 g/mol. The summed E-state index contributed by atoms with van der Waals surface area (Å²) < 4.78 is 6.99. The molecule has 2 aromatic heterocycles. The molecule has 124 valence electrons. The first kappa shape index (κ1) is 16.3. The molecule has 0 bridgehead atoms. The molecule has 7 nitrogen and oxygen atoms in total. The summed E-state index contributed by atoms with van der Waals surface area (Å²) >= 11 is 1.23. The smallest absolute Gasteiger partial charge is 0.316 e. The number of hydrogen-bond acceptors (Lipinski definition) is 6. The number of carbonyl (C=O) groups excluding carboxylic acids is 1. The number of aryl methyl sites for hydroxylation is 1. The van der Waals surface area contributed by atoms with Gasteiger partial charge in [-0.3, -0.25) is 19.0 Å². The molecule has 8 heteroatoms. The zero-order valence-electron chi connectivity index (χ0n) is 13.1. The van der Waals surface area contributed by atoms with Crippen molar-refractivity contribution >= 4 is 23.5 Å². The summed E-state index contributed by atoms with van der Waals surface area (Å²) in [5, 5.41) is 8.53. The molecule has 0 aliphatic heterocycles. The highest BCUT2D eigenvalue weighted by molar-refractivity contribution is 7.99. The molecule has 0 unspecified atom stereocenters. The van der Waals surface area contributed by atoms with Gasteiger partial charge in [0.1, 0.15) is 6.61 Å². The molecular formula is C16H16N4O3S. The average molecular weight is 344 g/mol. The molecule has 0 saturated carbocycles. The van der Waals surface area contributed by atoms with E-state index in [1.807, 2.05) is 37.3 Å². The Morgan fingerprint density at radius 3 is 2.83 bits per heavy atom. The van der Waals surface area contributed by atoms with E-state index < -0.39 is 0 Å². The van der Waals surface area contributed by atoms with Crippen molar-refractivity contribution in [2.75, 3.05) is 5.75 Å². The summed E-state index contributed by atoms with van der Waals surface area (Å²) in [7, 11) is 0. The van der Waals surface area contributed by atoms with E-state index in [1.54, 1.807) is 4.40 Å². The summed E-state index contributed by atoms with van der Waals surface area (Å²) in [5.74, 6) is 0.165. The lowest BCUT2D eigenvalue weighted by molar-refractivity contribution is -0.141. The van der Waals surface area contributed by atoms with Crippen LogP contribution in [0.3, 0.4) is 0 Å². The van der Waals surface area contributed by atoms with Gasteiger partial charge in [-0.25, -0.2) is 0 Å². The molecule has 1 N–H and O–H groups in total. The molecule has 1 aromatic carbocycles. The van der Waals surface area contributed by atoms with E-state index in [9.17, 15) is 9.59 Å². The first-order valence-electron chi connectivity index (χ1n) is 7.47. The first-order chi connectivity index (χ1) is 11.7. The first-order valence-corrected chi connectivity index (χ1v) is 8.45. The summed E-state index contributed by atoms with van der Waals surface area (Å²) in [5.41, 5.74) is 1.51. The quantitative estimate of drug-likeness (QED) is 0.542. The van der Waals surface area contributed by atoms with Crippen LogP contribution < -0.4 is 5.56 Å². The minimum atomic E-state index is -0.330. The third kappa shape index (κ3) is 3.65. The van der Waals surface area contributed by atoms with E-state index in [-0.39, 0.29) is 23.9 Å². The largest absolute Gasteiger partial charge is 0.460 e. The molecule has 3 aromatic rings. The third-order valence-corrected chi connectivity index (χ3v) is 4.28. The van der Waals surface area contributed by atoms with Gasteiger partial charge < -0.3 is 4.74 Å². The van der Waals surface area contributed by atoms with E-state index in [2.05, 4.69) is 15.2 Å². The Labute approximate surface area is 142 Å². The number of hydrogen-bond donors (Lipinski definition) is 1. The van der Waals surface area contributed by atoms with E-state index in [0.29, 0.717) is 17.4 Å². The predicted octanol–water partition coefficient (Wildman–Crippen LogP) is 1.82. The van der Waals surface area contributed by atoms with E-state index in [4.69, 9.17) is 4.74 Å². The number of H-pyrrole nitrogens is 1. The number of nitrogens with zero attached hydrogens (tertiary/aromatic N) is 3. The molecule has 3 rings (SSSR count). The number of rotatable bonds is 6. The second-order valence-electron chi connectivity index (χ2n) is 5.06. The summed E-state index contributed by atoms with van der Waals surface area (Å²) in [6, 6.07) is 11.0. The predicted molar refractivity (Wildman–Crippen MR) is 89.9 cm³/mol. The Kier molecular flexibility index (Phi) is 4.95. The zero-order valence-corrected chi connectivity index (χ0v) is 13.9. The molecule has 0 atom stereocenters. The van der Waals surface area contributed by atoms with Crippen LogP contribution in [0.2, 0.25) is 0 Å². The maximum absolute atomic E-state index is 11.9. The van der Waals surface area contributed by atoms with Gasteiger partial charge in [-0.15, -0.1) is 10.2 Å². The highest BCUT2D eigenvalue weighted by Crippen LogP contribution is 2.18. The van der Waals surface area contributed by atoms with Crippen molar-refractivity contribution < 1.29 is 9.53 Å². The maximum Gasteiger partial charge on any atom is 0.316 e. The van der Waals surface area contributed by atoms with Crippen molar-refractivity contribution in [3.05, 3.63) is 58.0 Å². The number of aromatic nitrogens is 4. The van der Waals surface area contributed by atoms with Gasteiger partial charge in [-0.2, -0.15) is 0 Å². The van der Waals surface area contributed by atoms with Gasteiger partial charge in [0.15, 0.2) is 5.16 Å². The molecule has 0 aliphatic carbocycles. The normalized spacial score (nSPS) is 10.9. The van der Waals surface area contributed by atoms with E-state index in [0.717, 1.165) is 11.3 Å². The number of aromatic amines is 1. The Morgan fingerprint density at radius 2 is 2.08 bits per heavy atom. The molecule has 0 fully saturated rings. The van der Waals surface area contributed by atoms with Crippen molar-refractivity contribution in [3.8, 4) is 0 Å². The van der Waals surface area contributed by atoms with Gasteiger partial charge in [0.25, 0.3) is 5.56 Å². The fraction of sp³-hybridized carbons (Fsp3) is 0.250. The maximum atomic E-state index is 11.9. The number of carbonyl (C=O) groups is 1. The van der Waals surface area contributed by atoms with E-state index in [1.165, 1.54) is 17.8 Å². The minimum absolute atomic E-state index is 0.121. The van der Waals surface area contributed by atoms with Crippen LogP contribution in [0, 0.1) is 0 Å². The standard InChI is InChI=1S/C16H16N4O3S/c1-2-12-8-13(21)17-15-18-19-16(20(12)15)24-10-14(22)23-9-11-6-4-3-5-7-11/h3-8H,2,9-10H2,1H3,(H,17,18,21). The van der Waals surface area contributed by atoms with Gasteiger partial charge in [0.05, 0.1) is 5.75 Å². The fourth-order valence-electron chi connectivity index (χ4n) is 2.23. The topological polar surface area (TPSA) is 89.4 Å². The minimum Gasteiger partial charge on any atom is -0.460 e. The highest BCUT2D eigenvalue weighted by atomic mass is 32.2. The Hall–Kier alpha value is -2.61. The fourth-order valence-corrected chi connectivity index (χ4v) is 2.99. The zero-order chi connectivity index (χ0) is 16.9. The third-order valence-electron chi connectivity index (χ3n) is 3.38. The summed E-state index contributed by atoms with van der Waals surface area (Å²) in [6.07, 6.45) is 0.657. The number of ether oxygens (including phenoxy) is 1. The van der Waals surface area contributed by atoms with Gasteiger partial charge in [-0.05, 0) is 12.0 Å². The van der Waals surface area contributed by atoms with Crippen molar-refractivity contribution in [2.24, 2.45) is 0 Å². The monoisotopic (exact) mass is 344 g/mol. The van der Waals surface area contributed by atoms with Gasteiger partial charge in [0, 0.05) is 11.8 Å². The summed E-state index contributed by atoms with van der Waals surface area (Å²) in [4.78, 5) is 26.1. The lowest BCUT2D eigenvalue weighted by Gasteiger charge is -2.06. The van der Waals surface area contributed by atoms with Crippen LogP contribution in [0.4, 0.5) is 0 Å². The molecule has 2 heterocycles. The lowest BCUT2D eigenvalue weighted by Crippen LogP contribution is -2.12. The van der Waals surface area contributed by atoms with Crippen molar-refractivity contribution in [3.63, 3.8) is 0 Å². The van der Waals surface area contributed by atoms with E-state index >= 15 is 0 Å². The van der Waals surface area contributed by atoms with Crippen molar-refractivity contribution in [2.45, 2.75) is 25.1 Å². The highest BCUT2D eigenvalue weighted by Gasteiger charge is 2.13. The molecule has 0 amide bonds. The number of benzene rings is 1. The van der Waals surface area contributed by atoms with Crippen LogP contribution in [-0.4, -0.2) is 31.3 Å². The van der Waals surface area contributed by atoms with Gasteiger partial charge >= 0.3 is 5.97 Å². The van der Waals surface area contributed by atoms with Crippen LogP contribution in [0.15, 0.2) is 46.3 Å². The molecule has 24 heavy (non-hydrogen) atoms. The molecule has 0 radical (unpaired) electrons. The molecule has 0 spiro atoms. The second-order valence-corrected chi connectivity index (χ2v) is 6.00. The number of fused-ring (bicyclic) bond motifs is 1. The molecule has 0 aliphatic rings. The number of esters is 1.